The maximum atomic E-state index is 12.6. The second kappa shape index (κ2) is 8.23. The normalized spacial score (nSPS) is 11.3. The number of H-pyrrole nitrogens is 1. The van der Waals surface area contributed by atoms with Crippen LogP contribution in [0.2, 0.25) is 15.1 Å². The van der Waals surface area contributed by atoms with Crippen LogP contribution in [-0.2, 0) is 10.0 Å². The first kappa shape index (κ1) is 21.4. The molecule has 0 bridgehead atoms. The summed E-state index contributed by atoms with van der Waals surface area (Å²) in [6.07, 6.45) is 0. The molecule has 0 atom stereocenters. The third-order valence-corrected chi connectivity index (χ3v) is 6.50. The maximum absolute atomic E-state index is 12.6. The molecule has 0 fully saturated rings. The van der Waals surface area contributed by atoms with Crippen LogP contribution in [0.25, 0.3) is 11.4 Å². The van der Waals surface area contributed by atoms with E-state index in [-0.39, 0.29) is 21.4 Å². The number of aryl methyl sites for hydroxylation is 1. The van der Waals surface area contributed by atoms with Gasteiger partial charge >= 0.3 is 0 Å². The first-order valence-corrected chi connectivity index (χ1v) is 10.7. The molecule has 0 spiro atoms. The van der Waals surface area contributed by atoms with E-state index in [1.54, 1.807) is 25.1 Å². The van der Waals surface area contributed by atoms with Crippen molar-refractivity contribution in [3.63, 3.8) is 0 Å². The fourth-order valence-corrected chi connectivity index (χ4v) is 4.27. The fourth-order valence-electron chi connectivity index (χ4n) is 2.50. The second-order valence-electron chi connectivity index (χ2n) is 5.92. The molecular formula is C18H14Cl3N3O4S. The molecule has 2 aromatic carbocycles. The fraction of sp³-hybridized carbons (Fsp3) is 0.111. The van der Waals surface area contributed by atoms with E-state index in [0.717, 1.165) is 0 Å². The molecule has 152 valence electrons. The summed E-state index contributed by atoms with van der Waals surface area (Å²) >= 11 is 17.9. The van der Waals surface area contributed by atoms with E-state index in [9.17, 15) is 13.2 Å². The van der Waals surface area contributed by atoms with Crippen LogP contribution < -0.4 is 9.46 Å². The maximum Gasteiger partial charge on any atom is 0.285 e. The van der Waals surface area contributed by atoms with Gasteiger partial charge in [-0.2, -0.15) is 0 Å². The number of imidazole rings is 1. The third-order valence-electron chi connectivity index (χ3n) is 3.95. The lowest BCUT2D eigenvalue weighted by molar-refractivity contribution is 0.0976. The van der Waals surface area contributed by atoms with Gasteiger partial charge in [0.25, 0.3) is 15.9 Å². The number of ether oxygens (including phenoxy) is 1. The van der Waals surface area contributed by atoms with Gasteiger partial charge in [-0.15, -0.1) is 0 Å². The molecule has 0 aliphatic heterocycles. The Morgan fingerprint density at radius 3 is 2.41 bits per heavy atom. The number of amides is 1. The smallest absolute Gasteiger partial charge is 0.285 e. The molecule has 0 aliphatic rings. The number of halogens is 3. The van der Waals surface area contributed by atoms with E-state index in [2.05, 4.69) is 9.97 Å². The summed E-state index contributed by atoms with van der Waals surface area (Å²) in [6.45, 7) is 1.59. The molecule has 0 saturated carbocycles. The number of sulfonamides is 1. The number of carbonyl (C=O) groups excluding carboxylic acids is 1. The molecule has 0 radical (unpaired) electrons. The number of hydrogen-bond donors (Lipinski definition) is 2. The predicted octanol–water partition coefficient (Wildman–Crippen LogP) is 4.47. The largest absolute Gasteiger partial charge is 0.497 e. The van der Waals surface area contributed by atoms with Crippen molar-refractivity contribution in [3.05, 3.63) is 62.9 Å². The van der Waals surface area contributed by atoms with Crippen LogP contribution in [0.3, 0.4) is 0 Å². The molecule has 2 N–H and O–H groups in total. The van der Waals surface area contributed by atoms with Crippen LogP contribution >= 0.6 is 34.8 Å². The number of nitrogens with zero attached hydrogens (tertiary/aromatic N) is 1. The Morgan fingerprint density at radius 2 is 1.76 bits per heavy atom. The molecule has 1 aromatic heterocycles. The average molecular weight is 475 g/mol. The predicted molar refractivity (Wildman–Crippen MR) is 111 cm³/mol. The molecule has 3 rings (SSSR count). The SMILES string of the molecule is COc1ccc(Cl)c(S(=O)(=O)NC(=O)c2nc(-c3ccc(Cl)c(Cl)c3)[nH]c2C)c1. The molecule has 7 nitrogen and oxygen atoms in total. The van der Waals surface area contributed by atoms with Crippen molar-refractivity contribution in [2.45, 2.75) is 11.8 Å². The van der Waals surface area contributed by atoms with Gasteiger partial charge in [-0.1, -0.05) is 34.8 Å². The van der Waals surface area contributed by atoms with E-state index in [4.69, 9.17) is 39.5 Å². The number of carbonyl (C=O) groups is 1. The highest BCUT2D eigenvalue weighted by atomic mass is 35.5. The van der Waals surface area contributed by atoms with E-state index in [1.165, 1.54) is 25.3 Å². The Balaban J connectivity index is 1.91. The topological polar surface area (TPSA) is 101 Å². The van der Waals surface area contributed by atoms with Crippen molar-refractivity contribution >= 4 is 50.7 Å². The van der Waals surface area contributed by atoms with Crippen LogP contribution in [0, 0.1) is 6.92 Å². The standard InChI is InChI=1S/C18H14Cl3N3O4S/c1-9-16(23-17(22-9)10-3-5-12(19)14(21)7-10)18(25)24-29(26,27)15-8-11(28-2)4-6-13(15)20/h3-8H,1-2H3,(H,22,23)(H,24,25). The molecule has 11 heteroatoms. The van der Waals surface area contributed by atoms with Crippen LogP contribution in [-0.4, -0.2) is 31.4 Å². The Morgan fingerprint density at radius 1 is 1.07 bits per heavy atom. The zero-order valence-electron chi connectivity index (χ0n) is 15.1. The van der Waals surface area contributed by atoms with Crippen LogP contribution in [0.4, 0.5) is 0 Å². The molecule has 0 unspecified atom stereocenters. The van der Waals surface area contributed by atoms with Crippen LogP contribution in [0.1, 0.15) is 16.2 Å². The molecule has 29 heavy (non-hydrogen) atoms. The molecule has 1 heterocycles. The number of aromatic nitrogens is 2. The van der Waals surface area contributed by atoms with Crippen molar-refractivity contribution < 1.29 is 17.9 Å². The summed E-state index contributed by atoms with van der Waals surface area (Å²) in [6, 6.07) is 8.92. The van der Waals surface area contributed by atoms with Gasteiger partial charge in [-0.3, -0.25) is 4.79 Å². The Hall–Kier alpha value is -2.26. The average Bonchev–Trinajstić information content (AvgIpc) is 3.05. The van der Waals surface area contributed by atoms with Crippen LogP contribution in [0.15, 0.2) is 41.3 Å². The monoisotopic (exact) mass is 473 g/mol. The lowest BCUT2D eigenvalue weighted by Crippen LogP contribution is -2.31. The van der Waals surface area contributed by atoms with Gasteiger partial charge in [0.15, 0.2) is 5.69 Å². The number of benzene rings is 2. The number of aromatic amines is 1. The van der Waals surface area contributed by atoms with Crippen molar-refractivity contribution in [1.29, 1.82) is 0 Å². The lowest BCUT2D eigenvalue weighted by atomic mass is 10.2. The van der Waals surface area contributed by atoms with Gasteiger partial charge in [0.1, 0.15) is 16.5 Å². The van der Waals surface area contributed by atoms with Crippen molar-refractivity contribution in [2.75, 3.05) is 7.11 Å². The third kappa shape index (κ3) is 4.51. The number of rotatable bonds is 5. The highest BCUT2D eigenvalue weighted by Gasteiger charge is 2.25. The van der Waals surface area contributed by atoms with Gasteiger partial charge in [0.2, 0.25) is 0 Å². The molecule has 1 amide bonds. The molecular weight excluding hydrogens is 461 g/mol. The van der Waals surface area contributed by atoms with Crippen molar-refractivity contribution in [2.24, 2.45) is 0 Å². The van der Waals surface area contributed by atoms with Crippen LogP contribution in [0.5, 0.6) is 5.75 Å². The highest BCUT2D eigenvalue weighted by Crippen LogP contribution is 2.28. The zero-order chi connectivity index (χ0) is 21.3. The van der Waals surface area contributed by atoms with Gasteiger partial charge in [-0.05, 0) is 37.3 Å². The molecule has 0 aliphatic carbocycles. The first-order valence-electron chi connectivity index (χ1n) is 8.05. The summed E-state index contributed by atoms with van der Waals surface area (Å²) in [5.74, 6) is -0.299. The van der Waals surface area contributed by atoms with Gasteiger partial charge in [-0.25, -0.2) is 18.1 Å². The Kier molecular flexibility index (Phi) is 6.09. The van der Waals surface area contributed by atoms with Crippen molar-refractivity contribution in [3.8, 4) is 17.1 Å². The minimum absolute atomic E-state index is 0.0543. The first-order chi connectivity index (χ1) is 13.6. The quantitative estimate of drug-likeness (QED) is 0.568. The highest BCUT2D eigenvalue weighted by molar-refractivity contribution is 7.90. The minimum Gasteiger partial charge on any atom is -0.497 e. The summed E-state index contributed by atoms with van der Waals surface area (Å²) in [7, 11) is -2.87. The van der Waals surface area contributed by atoms with Gasteiger partial charge in [0.05, 0.1) is 22.2 Å². The van der Waals surface area contributed by atoms with E-state index >= 15 is 0 Å². The zero-order valence-corrected chi connectivity index (χ0v) is 18.2. The van der Waals surface area contributed by atoms with E-state index < -0.39 is 15.9 Å². The van der Waals surface area contributed by atoms with Gasteiger partial charge < -0.3 is 9.72 Å². The van der Waals surface area contributed by atoms with Gasteiger partial charge in [0, 0.05) is 17.3 Å². The lowest BCUT2D eigenvalue weighted by Gasteiger charge is -2.09. The number of methoxy groups -OCH3 is 1. The summed E-state index contributed by atoms with van der Waals surface area (Å²) < 4.78 is 32.2. The summed E-state index contributed by atoms with van der Waals surface area (Å²) in [5, 5.41) is 0.638. The molecule has 0 saturated heterocycles. The number of nitrogens with one attached hydrogen (secondary N) is 2. The van der Waals surface area contributed by atoms with Crippen molar-refractivity contribution in [1.82, 2.24) is 14.7 Å². The van der Waals surface area contributed by atoms with E-state index in [0.29, 0.717) is 27.1 Å². The summed E-state index contributed by atoms with van der Waals surface area (Å²) in [4.78, 5) is 19.4. The second-order valence-corrected chi connectivity index (χ2v) is 8.79. The minimum atomic E-state index is -4.26. The Bertz CT molecular complexity index is 1210. The molecule has 3 aromatic rings. The summed E-state index contributed by atoms with van der Waals surface area (Å²) in [5.41, 5.74) is 0.865. The number of hydrogen-bond acceptors (Lipinski definition) is 5. The van der Waals surface area contributed by atoms with E-state index in [1.807, 2.05) is 4.72 Å². The Labute approximate surface area is 182 Å².